The average Bonchev–Trinajstić information content (AvgIpc) is 2.39. The second-order valence-electron chi connectivity index (χ2n) is 3.27. The smallest absolute Gasteiger partial charge is 0.199 e. The first-order valence-electron chi connectivity index (χ1n) is 5.13. The minimum absolute atomic E-state index is 0.375. The summed E-state index contributed by atoms with van der Waals surface area (Å²) >= 11 is 1.05. The number of benzene rings is 2. The monoisotopic (exact) mass is 244 g/mol. The van der Waals surface area contributed by atoms with Crippen LogP contribution in [0.2, 0.25) is 0 Å². The van der Waals surface area contributed by atoms with Crippen LogP contribution in [0.4, 0.5) is 5.69 Å². The van der Waals surface area contributed by atoms with Gasteiger partial charge in [-0.05, 0) is 24.3 Å². The van der Waals surface area contributed by atoms with E-state index in [9.17, 15) is 0 Å². The molecule has 0 bridgehead atoms. The second kappa shape index (κ2) is 5.96. The largest absolute Gasteiger partial charge is 0.417 e. The molecule has 0 aromatic heterocycles. The van der Waals surface area contributed by atoms with E-state index in [0.29, 0.717) is 5.17 Å². The average molecular weight is 244 g/mol. The molecule has 2 rings (SSSR count). The third kappa shape index (κ3) is 3.85. The van der Waals surface area contributed by atoms with E-state index in [1.807, 2.05) is 60.7 Å². The minimum Gasteiger partial charge on any atom is -0.417 e. The molecule has 0 spiro atoms. The molecule has 0 unspecified atom stereocenters. The maximum Gasteiger partial charge on any atom is 0.199 e. The highest BCUT2D eigenvalue weighted by atomic mass is 32.2. The molecule has 0 aliphatic heterocycles. The highest BCUT2D eigenvalue weighted by Gasteiger charge is 1.98. The third-order valence-electron chi connectivity index (χ3n) is 1.96. The van der Waals surface area contributed by atoms with Crippen molar-refractivity contribution in [3.8, 4) is 5.75 Å². The summed E-state index contributed by atoms with van der Waals surface area (Å²) in [6.07, 6.45) is 0. The zero-order valence-electron chi connectivity index (χ0n) is 9.11. The fraction of sp³-hybridized carbons (Fsp3) is 0. The molecule has 4 heteroatoms. The van der Waals surface area contributed by atoms with Gasteiger partial charge in [0.1, 0.15) is 17.8 Å². The Hall–Kier alpha value is -1.94. The van der Waals surface area contributed by atoms with E-state index in [0.717, 1.165) is 23.5 Å². The lowest BCUT2D eigenvalue weighted by Crippen LogP contribution is -2.07. The molecule has 86 valence electrons. The van der Waals surface area contributed by atoms with Crippen LogP contribution in [0.3, 0.4) is 0 Å². The lowest BCUT2D eigenvalue weighted by molar-refractivity contribution is 0.654. The fourth-order valence-corrected chi connectivity index (χ4v) is 1.65. The molecule has 0 atom stereocenters. The molecule has 2 aromatic carbocycles. The first kappa shape index (κ1) is 11.5. The van der Waals surface area contributed by atoms with Gasteiger partial charge in [-0.2, -0.15) is 0 Å². The predicted octanol–water partition coefficient (Wildman–Crippen LogP) is 3.36. The Balaban J connectivity index is 1.94. The van der Waals surface area contributed by atoms with Gasteiger partial charge in [0.05, 0.1) is 5.69 Å². The zero-order chi connectivity index (χ0) is 11.9. The van der Waals surface area contributed by atoms with Crippen LogP contribution in [-0.2, 0) is 0 Å². The number of rotatable bonds is 3. The highest BCUT2D eigenvalue weighted by molar-refractivity contribution is 8.10. The lowest BCUT2D eigenvalue weighted by atomic mass is 10.3. The van der Waals surface area contributed by atoms with Gasteiger partial charge in [0.2, 0.25) is 0 Å². The number of nitrogens with two attached hydrogens (primary N) is 1. The van der Waals surface area contributed by atoms with Crippen LogP contribution < -0.4 is 9.92 Å². The molecule has 0 aliphatic carbocycles. The van der Waals surface area contributed by atoms with Crippen molar-refractivity contribution in [1.82, 2.24) is 0 Å². The Bertz CT molecular complexity index is 485. The summed E-state index contributed by atoms with van der Waals surface area (Å²) in [5, 5.41) is 0.375. The molecule has 0 heterocycles. The van der Waals surface area contributed by atoms with Gasteiger partial charge in [-0.1, -0.05) is 36.4 Å². The Morgan fingerprint density at radius 3 is 2.18 bits per heavy atom. The number of amidine groups is 1. The van der Waals surface area contributed by atoms with Crippen LogP contribution in [0.25, 0.3) is 0 Å². The van der Waals surface area contributed by atoms with Gasteiger partial charge in [0.15, 0.2) is 5.17 Å². The molecule has 0 aliphatic rings. The van der Waals surface area contributed by atoms with Crippen LogP contribution in [0.15, 0.2) is 65.7 Å². The second-order valence-corrected chi connectivity index (χ2v) is 4.02. The maximum absolute atomic E-state index is 5.74. The number of nitrogens with zero attached hydrogens (tertiary/aromatic N) is 1. The van der Waals surface area contributed by atoms with Gasteiger partial charge in [0.25, 0.3) is 0 Å². The molecular formula is C13H12N2OS. The van der Waals surface area contributed by atoms with Crippen LogP contribution in [0.1, 0.15) is 0 Å². The van der Waals surface area contributed by atoms with E-state index in [2.05, 4.69) is 4.99 Å². The Labute approximate surface area is 105 Å². The molecule has 0 radical (unpaired) electrons. The SMILES string of the molecule is NC(=Nc1ccccc1)SOc1ccccc1. The van der Waals surface area contributed by atoms with Crippen LogP contribution in [0.5, 0.6) is 5.75 Å². The Morgan fingerprint density at radius 1 is 0.941 bits per heavy atom. The van der Waals surface area contributed by atoms with Gasteiger partial charge in [0, 0.05) is 0 Å². The minimum atomic E-state index is 0.375. The van der Waals surface area contributed by atoms with Gasteiger partial charge in [-0.25, -0.2) is 4.99 Å². The van der Waals surface area contributed by atoms with Crippen LogP contribution in [-0.4, -0.2) is 5.17 Å². The van der Waals surface area contributed by atoms with Gasteiger partial charge >= 0.3 is 0 Å². The molecule has 0 fully saturated rings. The number of para-hydroxylation sites is 2. The van der Waals surface area contributed by atoms with Crippen molar-refractivity contribution in [2.75, 3.05) is 0 Å². The van der Waals surface area contributed by atoms with Crippen molar-refractivity contribution < 1.29 is 4.18 Å². The molecule has 0 saturated carbocycles. The number of hydrogen-bond acceptors (Lipinski definition) is 3. The Kier molecular flexibility index (Phi) is 4.05. The molecule has 3 nitrogen and oxygen atoms in total. The van der Waals surface area contributed by atoms with E-state index in [1.165, 1.54) is 0 Å². The third-order valence-corrected chi connectivity index (χ3v) is 2.50. The van der Waals surface area contributed by atoms with Crippen molar-refractivity contribution in [2.45, 2.75) is 0 Å². The van der Waals surface area contributed by atoms with Gasteiger partial charge < -0.3 is 9.92 Å². The molecular weight excluding hydrogens is 232 g/mol. The lowest BCUT2D eigenvalue weighted by Gasteiger charge is -2.02. The predicted molar refractivity (Wildman–Crippen MR) is 72.4 cm³/mol. The summed E-state index contributed by atoms with van der Waals surface area (Å²) < 4.78 is 5.40. The van der Waals surface area contributed by atoms with E-state index in [4.69, 9.17) is 9.92 Å². The molecule has 2 aromatic rings. The standard InChI is InChI=1S/C13H12N2OS/c14-13(15-11-7-3-1-4-8-11)17-16-12-9-5-2-6-10-12/h1-10H,(H2,14,15). The van der Waals surface area contributed by atoms with Crippen molar-refractivity contribution in [3.63, 3.8) is 0 Å². The summed E-state index contributed by atoms with van der Waals surface area (Å²) in [5.41, 5.74) is 6.56. The summed E-state index contributed by atoms with van der Waals surface area (Å²) in [6.45, 7) is 0. The maximum atomic E-state index is 5.74. The first-order chi connectivity index (χ1) is 8.34. The molecule has 17 heavy (non-hydrogen) atoms. The van der Waals surface area contributed by atoms with Crippen LogP contribution in [0, 0.1) is 0 Å². The topological polar surface area (TPSA) is 47.6 Å². The molecule has 0 saturated heterocycles. The normalized spacial score (nSPS) is 11.2. The fourth-order valence-electron chi connectivity index (χ4n) is 1.22. The van der Waals surface area contributed by atoms with Gasteiger partial charge in [-0.15, -0.1) is 0 Å². The van der Waals surface area contributed by atoms with Crippen LogP contribution >= 0.6 is 12.0 Å². The Morgan fingerprint density at radius 2 is 1.53 bits per heavy atom. The number of hydrogen-bond donors (Lipinski definition) is 1. The van der Waals surface area contributed by atoms with E-state index in [1.54, 1.807) is 0 Å². The van der Waals surface area contributed by atoms with Crippen molar-refractivity contribution in [3.05, 3.63) is 60.7 Å². The van der Waals surface area contributed by atoms with Gasteiger partial charge in [-0.3, -0.25) is 0 Å². The van der Waals surface area contributed by atoms with E-state index in [-0.39, 0.29) is 0 Å². The number of aliphatic imine (C=N–C) groups is 1. The summed E-state index contributed by atoms with van der Waals surface area (Å²) in [4.78, 5) is 4.21. The van der Waals surface area contributed by atoms with Crippen molar-refractivity contribution >= 4 is 22.9 Å². The summed E-state index contributed by atoms with van der Waals surface area (Å²) in [7, 11) is 0. The summed E-state index contributed by atoms with van der Waals surface area (Å²) in [5.74, 6) is 0.753. The van der Waals surface area contributed by atoms with Crippen molar-refractivity contribution in [2.24, 2.45) is 10.7 Å². The molecule has 0 amide bonds. The zero-order valence-corrected chi connectivity index (χ0v) is 9.93. The highest BCUT2D eigenvalue weighted by Crippen LogP contribution is 2.17. The first-order valence-corrected chi connectivity index (χ1v) is 5.87. The molecule has 2 N–H and O–H groups in total. The van der Waals surface area contributed by atoms with Crippen molar-refractivity contribution in [1.29, 1.82) is 0 Å². The van der Waals surface area contributed by atoms with E-state index >= 15 is 0 Å². The quantitative estimate of drug-likeness (QED) is 0.511. The summed E-state index contributed by atoms with van der Waals surface area (Å²) in [6, 6.07) is 19.0. The van der Waals surface area contributed by atoms with E-state index < -0.39 is 0 Å².